The van der Waals surface area contributed by atoms with Crippen LogP contribution in [0.4, 0.5) is 0 Å². The molecule has 0 aliphatic rings. The minimum Gasteiger partial charge on any atom is -0.545 e. The van der Waals surface area contributed by atoms with Crippen molar-refractivity contribution in [3.63, 3.8) is 0 Å². The van der Waals surface area contributed by atoms with E-state index in [9.17, 15) is 19.5 Å². The van der Waals surface area contributed by atoms with Crippen molar-refractivity contribution in [1.82, 2.24) is 0 Å². The summed E-state index contributed by atoms with van der Waals surface area (Å²) in [4.78, 5) is 37.0. The van der Waals surface area contributed by atoms with Crippen LogP contribution in [-0.2, 0) is 33.3 Å². The molecule has 0 heterocycles. The van der Waals surface area contributed by atoms with Crippen LogP contribution in [0.3, 0.4) is 0 Å². The van der Waals surface area contributed by atoms with Crippen LogP contribution < -0.4 is 5.11 Å². The van der Waals surface area contributed by atoms with E-state index in [1.165, 1.54) is 38.5 Å². The molecule has 0 aromatic rings. The Hall–Kier alpha value is -4.31. The Kier molecular flexibility index (Phi) is 48.9. The number of quaternary nitrogens is 1. The second kappa shape index (κ2) is 52.0. The highest BCUT2D eigenvalue weighted by Gasteiger charge is 2.22. The molecule has 0 bridgehead atoms. The average molecular weight is 988 g/mol. The van der Waals surface area contributed by atoms with Gasteiger partial charge in [0.05, 0.1) is 40.3 Å². The van der Waals surface area contributed by atoms with Gasteiger partial charge in [-0.15, -0.1) is 0 Å². The Bertz CT molecular complexity index is 1570. The summed E-state index contributed by atoms with van der Waals surface area (Å²) in [6, 6.07) is 0. The quantitative estimate of drug-likeness (QED) is 0.0195. The lowest BCUT2D eigenvalue weighted by Gasteiger charge is -2.26. The fraction of sp³-hybridized carbons (Fsp3) is 0.629. The number of nitrogens with zero attached hydrogens (tertiary/aromatic N) is 1. The number of allylic oxidation sites excluding steroid dienone is 20. The van der Waals surface area contributed by atoms with Crippen molar-refractivity contribution in [2.45, 2.75) is 206 Å². The maximum absolute atomic E-state index is 12.8. The molecule has 9 heteroatoms. The Balaban J connectivity index is 4.19. The topological polar surface area (TPSA) is 111 Å². The minimum absolute atomic E-state index is 0.139. The third kappa shape index (κ3) is 53.3. The lowest BCUT2D eigenvalue weighted by Crippen LogP contribution is -2.44. The third-order valence-electron chi connectivity index (χ3n) is 11.2. The molecule has 0 aliphatic carbocycles. The molecule has 0 amide bonds. The molecule has 2 unspecified atom stereocenters. The van der Waals surface area contributed by atoms with Crippen molar-refractivity contribution in [3.8, 4) is 0 Å². The number of esters is 2. The number of hydrogen-bond donors (Lipinski definition) is 0. The monoisotopic (exact) mass is 988 g/mol. The second-order valence-corrected chi connectivity index (χ2v) is 19.1. The van der Waals surface area contributed by atoms with Crippen LogP contribution in [0.2, 0.25) is 0 Å². The lowest BCUT2D eigenvalue weighted by molar-refractivity contribution is -0.870. The van der Waals surface area contributed by atoms with Crippen molar-refractivity contribution in [1.29, 1.82) is 0 Å². The van der Waals surface area contributed by atoms with E-state index in [0.29, 0.717) is 17.4 Å². The highest BCUT2D eigenvalue weighted by molar-refractivity contribution is 5.70. The summed E-state index contributed by atoms with van der Waals surface area (Å²) in [6.07, 6.45) is 69.8. The first kappa shape index (κ1) is 66.7. The van der Waals surface area contributed by atoms with E-state index >= 15 is 0 Å². The summed E-state index contributed by atoms with van der Waals surface area (Å²) in [5.74, 6) is -2.32. The van der Waals surface area contributed by atoms with Gasteiger partial charge in [0, 0.05) is 12.8 Å². The number of carbonyl (C=O) groups excluding carboxylic acids is 3. The number of aliphatic carboxylic acids is 1. The number of rotatable bonds is 49. The highest BCUT2D eigenvalue weighted by atomic mass is 16.7. The predicted molar refractivity (Wildman–Crippen MR) is 296 cm³/mol. The molecule has 2 atom stereocenters. The largest absolute Gasteiger partial charge is 0.545 e. The van der Waals surface area contributed by atoms with Crippen LogP contribution in [0.1, 0.15) is 194 Å². The van der Waals surface area contributed by atoms with Crippen LogP contribution in [0, 0.1) is 0 Å². The molecule has 0 saturated carbocycles. The van der Waals surface area contributed by atoms with Crippen LogP contribution in [0.25, 0.3) is 0 Å². The normalized spacial score (nSPS) is 13.8. The molecule has 0 N–H and O–H groups in total. The van der Waals surface area contributed by atoms with Crippen LogP contribution >= 0.6 is 0 Å². The second-order valence-electron chi connectivity index (χ2n) is 19.1. The standard InChI is InChI=1S/C62H101NO8/c1-6-8-10-12-14-16-17-18-19-20-21-22-23-24-25-26-27-28-29-30-31-32-33-34-35-36-37-38-39-40-41-42-43-45-47-49-51-53-60(65)71-58(57-70-62(61(66)67)68-55-54-63(3,4)5)56-69-59(64)52-50-48-46-44-15-13-11-9-7-2/h8,10,14,16,18-19,21-22,24-25,27-28,30-31,33-34,36-37,39-40,58,62H,6-7,9,11-13,15,17,20,23,26,29,32,35,38,41-57H2,1-5H3/b10-8-,16-14-,19-18-,22-21-,25-24-,28-27-,31-30-,34-33-,37-36-,40-39-. The van der Waals surface area contributed by atoms with Crippen molar-refractivity contribution < 1.29 is 42.9 Å². The van der Waals surface area contributed by atoms with Gasteiger partial charge in [-0.3, -0.25) is 9.59 Å². The number of carboxylic acids is 1. The summed E-state index contributed by atoms with van der Waals surface area (Å²) in [6.45, 7) is 4.56. The number of likely N-dealkylation sites (N-methyl/N-ethyl adjacent to an activating group) is 1. The highest BCUT2D eigenvalue weighted by Crippen LogP contribution is 2.13. The predicted octanol–water partition coefficient (Wildman–Crippen LogP) is 14.8. The molecule has 9 nitrogen and oxygen atoms in total. The molecular weight excluding hydrogens is 887 g/mol. The zero-order chi connectivity index (χ0) is 52.0. The Morgan fingerprint density at radius 3 is 1.20 bits per heavy atom. The summed E-state index contributed by atoms with van der Waals surface area (Å²) in [5.41, 5.74) is 0. The van der Waals surface area contributed by atoms with E-state index in [1.807, 2.05) is 21.1 Å². The summed E-state index contributed by atoms with van der Waals surface area (Å²) >= 11 is 0. The molecule has 0 fully saturated rings. The van der Waals surface area contributed by atoms with Crippen molar-refractivity contribution >= 4 is 17.9 Å². The first-order valence-corrected chi connectivity index (χ1v) is 27.7. The fourth-order valence-corrected chi connectivity index (χ4v) is 6.97. The number of carbonyl (C=O) groups is 3. The first-order chi connectivity index (χ1) is 34.6. The number of carboxylic acid groups (broad SMARTS) is 1. The van der Waals surface area contributed by atoms with Crippen LogP contribution in [0.5, 0.6) is 0 Å². The zero-order valence-electron chi connectivity index (χ0n) is 45.5. The van der Waals surface area contributed by atoms with E-state index < -0.39 is 24.3 Å². The molecule has 71 heavy (non-hydrogen) atoms. The van der Waals surface area contributed by atoms with Gasteiger partial charge in [-0.05, 0) is 89.9 Å². The van der Waals surface area contributed by atoms with Gasteiger partial charge in [-0.25, -0.2) is 0 Å². The SMILES string of the molecule is CC/C=C\C/C=C\C/C=C\C/C=C\C/C=C\C/C=C\C/C=C\C/C=C\C/C=C\C/C=C\CCCCCCCCC(=O)OC(COC(=O)CCCCCCCCCCC)COC(OCC[N+](C)(C)C)C(=O)[O-]. The van der Waals surface area contributed by atoms with Gasteiger partial charge < -0.3 is 33.3 Å². The maximum Gasteiger partial charge on any atom is 0.306 e. The molecule has 0 spiro atoms. The van der Waals surface area contributed by atoms with Crippen LogP contribution in [-0.4, -0.2) is 82.3 Å². The first-order valence-electron chi connectivity index (χ1n) is 27.7. The third-order valence-corrected chi connectivity index (χ3v) is 11.2. The summed E-state index contributed by atoms with van der Waals surface area (Å²) in [7, 11) is 5.90. The van der Waals surface area contributed by atoms with E-state index in [4.69, 9.17) is 18.9 Å². The van der Waals surface area contributed by atoms with Gasteiger partial charge in [-0.1, -0.05) is 212 Å². The summed E-state index contributed by atoms with van der Waals surface area (Å²) < 4.78 is 22.5. The zero-order valence-corrected chi connectivity index (χ0v) is 45.5. The van der Waals surface area contributed by atoms with Crippen molar-refractivity contribution in [2.24, 2.45) is 0 Å². The Labute approximate surface area is 434 Å². The molecule has 0 aromatic heterocycles. The molecule has 0 aliphatic heterocycles. The van der Waals surface area contributed by atoms with E-state index in [0.717, 1.165) is 122 Å². The van der Waals surface area contributed by atoms with Gasteiger partial charge in [0.2, 0.25) is 0 Å². The lowest BCUT2D eigenvalue weighted by atomic mass is 10.1. The smallest absolute Gasteiger partial charge is 0.306 e. The number of unbranched alkanes of at least 4 members (excludes halogenated alkanes) is 14. The maximum atomic E-state index is 12.8. The van der Waals surface area contributed by atoms with Crippen molar-refractivity contribution in [3.05, 3.63) is 122 Å². The molecule has 402 valence electrons. The van der Waals surface area contributed by atoms with Gasteiger partial charge >= 0.3 is 11.9 Å². The van der Waals surface area contributed by atoms with E-state index in [2.05, 4.69) is 135 Å². The van der Waals surface area contributed by atoms with Crippen LogP contribution in [0.15, 0.2) is 122 Å². The fourth-order valence-electron chi connectivity index (χ4n) is 6.97. The molecular formula is C62H101NO8. The molecule has 0 saturated heterocycles. The minimum atomic E-state index is -1.63. The van der Waals surface area contributed by atoms with Gasteiger partial charge in [0.15, 0.2) is 12.4 Å². The molecule has 0 radical (unpaired) electrons. The van der Waals surface area contributed by atoms with E-state index in [1.54, 1.807) is 0 Å². The van der Waals surface area contributed by atoms with Gasteiger partial charge in [0.25, 0.3) is 0 Å². The summed E-state index contributed by atoms with van der Waals surface area (Å²) in [5, 5.41) is 11.7. The Morgan fingerprint density at radius 2 is 0.803 bits per heavy atom. The molecule has 0 rings (SSSR count). The van der Waals surface area contributed by atoms with Crippen molar-refractivity contribution in [2.75, 3.05) is 47.5 Å². The average Bonchev–Trinajstić information content (AvgIpc) is 3.34. The van der Waals surface area contributed by atoms with Gasteiger partial charge in [0.1, 0.15) is 13.2 Å². The molecule has 0 aromatic carbocycles. The van der Waals surface area contributed by atoms with Gasteiger partial charge in [-0.2, -0.15) is 0 Å². The Morgan fingerprint density at radius 1 is 0.437 bits per heavy atom. The number of ether oxygens (including phenoxy) is 4. The number of hydrogen-bond acceptors (Lipinski definition) is 8. The van der Waals surface area contributed by atoms with E-state index in [-0.39, 0.29) is 38.6 Å².